The van der Waals surface area contributed by atoms with Gasteiger partial charge in [0.25, 0.3) is 0 Å². The van der Waals surface area contributed by atoms with E-state index in [9.17, 15) is 9.18 Å². The second kappa shape index (κ2) is 4.05. The number of benzene rings is 1. The first-order chi connectivity index (χ1) is 7.58. The van der Waals surface area contributed by atoms with Crippen LogP contribution in [0.3, 0.4) is 0 Å². The molecule has 6 heteroatoms. The molecule has 0 saturated heterocycles. The van der Waals surface area contributed by atoms with Gasteiger partial charge in [-0.15, -0.1) is 0 Å². The van der Waals surface area contributed by atoms with Gasteiger partial charge in [0.2, 0.25) is 0 Å². The Hall–Kier alpha value is -1.69. The van der Waals surface area contributed by atoms with Crippen LogP contribution in [0.1, 0.15) is 10.5 Å². The molecule has 4 nitrogen and oxygen atoms in total. The van der Waals surface area contributed by atoms with Crippen LogP contribution < -0.4 is 0 Å². The lowest BCUT2D eigenvalue weighted by Gasteiger charge is -2.03. The highest BCUT2D eigenvalue weighted by Gasteiger charge is 2.10. The van der Waals surface area contributed by atoms with Crippen LogP contribution in [0.2, 0.25) is 0 Å². The Kier molecular flexibility index (Phi) is 2.74. The quantitative estimate of drug-likeness (QED) is 0.922. The Morgan fingerprint density at radius 2 is 2.25 bits per heavy atom. The number of halogens is 2. The largest absolute Gasteiger partial charge is 0.476 e. The van der Waals surface area contributed by atoms with Crippen molar-refractivity contribution in [3.63, 3.8) is 0 Å². The maximum atomic E-state index is 13.4. The zero-order chi connectivity index (χ0) is 11.7. The van der Waals surface area contributed by atoms with Crippen LogP contribution in [0.5, 0.6) is 0 Å². The van der Waals surface area contributed by atoms with Gasteiger partial charge in [0.1, 0.15) is 12.1 Å². The summed E-state index contributed by atoms with van der Waals surface area (Å²) in [7, 11) is 0. The molecule has 82 valence electrons. The summed E-state index contributed by atoms with van der Waals surface area (Å²) in [5.41, 5.74) is 0.119. The number of hydrogen-bond acceptors (Lipinski definition) is 2. The van der Waals surface area contributed by atoms with Gasteiger partial charge < -0.3 is 9.67 Å². The van der Waals surface area contributed by atoms with Crippen molar-refractivity contribution in [1.29, 1.82) is 0 Å². The van der Waals surface area contributed by atoms with Crippen LogP contribution in [0.4, 0.5) is 4.39 Å². The Morgan fingerprint density at radius 3 is 2.88 bits per heavy atom. The van der Waals surface area contributed by atoms with E-state index in [4.69, 9.17) is 5.11 Å². The van der Waals surface area contributed by atoms with Gasteiger partial charge in [-0.3, -0.25) is 0 Å². The molecule has 0 spiro atoms. The topological polar surface area (TPSA) is 55.1 Å². The number of imidazole rings is 1. The average Bonchev–Trinajstić information content (AvgIpc) is 2.70. The van der Waals surface area contributed by atoms with E-state index in [2.05, 4.69) is 20.9 Å². The second-order valence-corrected chi connectivity index (χ2v) is 3.98. The number of carbonyl (C=O) groups is 1. The van der Waals surface area contributed by atoms with E-state index in [1.165, 1.54) is 23.2 Å². The second-order valence-electron chi connectivity index (χ2n) is 3.07. The molecule has 1 heterocycles. The molecule has 0 aliphatic carbocycles. The number of hydrogen-bond donors (Lipinski definition) is 1. The van der Waals surface area contributed by atoms with Crippen LogP contribution in [0.15, 0.2) is 35.2 Å². The van der Waals surface area contributed by atoms with Gasteiger partial charge in [-0.1, -0.05) is 15.9 Å². The van der Waals surface area contributed by atoms with Crippen LogP contribution >= 0.6 is 15.9 Å². The normalized spacial score (nSPS) is 10.4. The van der Waals surface area contributed by atoms with Gasteiger partial charge in [-0.25, -0.2) is 14.2 Å². The van der Waals surface area contributed by atoms with Gasteiger partial charge >= 0.3 is 5.97 Å². The number of carboxylic acids is 1. The molecule has 0 bridgehead atoms. The van der Waals surface area contributed by atoms with Crippen molar-refractivity contribution < 1.29 is 14.3 Å². The molecule has 0 saturated carbocycles. The molecule has 2 rings (SSSR count). The fraction of sp³-hybridized carbons (Fsp3) is 0. The highest BCUT2D eigenvalue weighted by molar-refractivity contribution is 9.10. The molecule has 0 radical (unpaired) electrons. The minimum absolute atomic E-state index is 0.126. The van der Waals surface area contributed by atoms with Gasteiger partial charge in [0.15, 0.2) is 5.69 Å². The van der Waals surface area contributed by atoms with E-state index < -0.39 is 11.8 Å². The summed E-state index contributed by atoms with van der Waals surface area (Å²) in [6.07, 6.45) is 2.52. The van der Waals surface area contributed by atoms with E-state index in [1.807, 2.05) is 0 Å². The summed E-state index contributed by atoms with van der Waals surface area (Å²) in [4.78, 5) is 14.3. The third-order valence-electron chi connectivity index (χ3n) is 1.99. The summed E-state index contributed by atoms with van der Waals surface area (Å²) in [5, 5.41) is 8.69. The molecule has 0 fully saturated rings. The van der Waals surface area contributed by atoms with E-state index in [0.29, 0.717) is 4.47 Å². The molecule has 0 amide bonds. The van der Waals surface area contributed by atoms with Crippen LogP contribution in [-0.2, 0) is 0 Å². The predicted octanol–water partition coefficient (Wildman–Crippen LogP) is 2.47. The third-order valence-corrected chi connectivity index (χ3v) is 2.48. The van der Waals surface area contributed by atoms with Crippen molar-refractivity contribution in [3.05, 3.63) is 46.7 Å². The highest BCUT2D eigenvalue weighted by Crippen LogP contribution is 2.19. The summed E-state index contributed by atoms with van der Waals surface area (Å²) in [6, 6.07) is 4.40. The number of nitrogens with zero attached hydrogens (tertiary/aromatic N) is 2. The minimum atomic E-state index is -1.14. The lowest BCUT2D eigenvalue weighted by Crippen LogP contribution is -1.97. The Labute approximate surface area is 98.5 Å². The van der Waals surface area contributed by atoms with E-state index in [0.717, 1.165) is 0 Å². The molecule has 1 aromatic carbocycles. The molecule has 0 atom stereocenters. The number of aromatic carboxylic acids is 1. The summed E-state index contributed by atoms with van der Waals surface area (Å²) in [6.45, 7) is 0. The van der Waals surface area contributed by atoms with Gasteiger partial charge in [0, 0.05) is 10.7 Å². The first-order valence-corrected chi connectivity index (χ1v) is 5.10. The Bertz CT molecular complexity index is 554. The maximum Gasteiger partial charge on any atom is 0.356 e. The molecule has 0 aliphatic heterocycles. The fourth-order valence-corrected chi connectivity index (χ4v) is 1.60. The molecule has 1 aromatic heterocycles. The first-order valence-electron chi connectivity index (χ1n) is 4.30. The van der Waals surface area contributed by atoms with Crippen molar-refractivity contribution in [1.82, 2.24) is 9.55 Å². The standard InChI is InChI=1S/C10H6BrFN2O2/c11-6-1-2-7(12)9(3-6)14-4-8(10(15)16)13-5-14/h1-5H,(H,15,16). The highest BCUT2D eigenvalue weighted by atomic mass is 79.9. The molecular weight excluding hydrogens is 279 g/mol. The number of aromatic nitrogens is 2. The predicted molar refractivity (Wildman–Crippen MR) is 58.2 cm³/mol. The van der Waals surface area contributed by atoms with E-state index in [-0.39, 0.29) is 11.4 Å². The Balaban J connectivity index is 2.50. The average molecular weight is 285 g/mol. The summed E-state index contributed by atoms with van der Waals surface area (Å²) < 4.78 is 15.5. The third kappa shape index (κ3) is 1.96. The van der Waals surface area contributed by atoms with Crippen LogP contribution in [-0.4, -0.2) is 20.6 Å². The Morgan fingerprint density at radius 1 is 1.50 bits per heavy atom. The smallest absolute Gasteiger partial charge is 0.356 e. The maximum absolute atomic E-state index is 13.4. The van der Waals surface area contributed by atoms with Crippen molar-refractivity contribution in [3.8, 4) is 5.69 Å². The zero-order valence-electron chi connectivity index (χ0n) is 7.89. The summed E-state index contributed by atoms with van der Waals surface area (Å²) >= 11 is 3.21. The van der Waals surface area contributed by atoms with Crippen LogP contribution in [0, 0.1) is 5.82 Å². The molecule has 0 unspecified atom stereocenters. The lowest BCUT2D eigenvalue weighted by atomic mass is 10.3. The monoisotopic (exact) mass is 284 g/mol. The number of rotatable bonds is 2. The zero-order valence-corrected chi connectivity index (χ0v) is 9.48. The molecule has 16 heavy (non-hydrogen) atoms. The van der Waals surface area contributed by atoms with Crippen molar-refractivity contribution >= 4 is 21.9 Å². The van der Waals surface area contributed by atoms with Gasteiger partial charge in [-0.2, -0.15) is 0 Å². The van der Waals surface area contributed by atoms with Crippen molar-refractivity contribution in [2.24, 2.45) is 0 Å². The van der Waals surface area contributed by atoms with Crippen molar-refractivity contribution in [2.75, 3.05) is 0 Å². The summed E-state index contributed by atoms with van der Waals surface area (Å²) in [5.74, 6) is -1.59. The molecule has 1 N–H and O–H groups in total. The van der Waals surface area contributed by atoms with E-state index in [1.54, 1.807) is 12.1 Å². The molecular formula is C10H6BrFN2O2. The van der Waals surface area contributed by atoms with Crippen molar-refractivity contribution in [2.45, 2.75) is 0 Å². The van der Waals surface area contributed by atoms with Gasteiger partial charge in [0.05, 0.1) is 5.69 Å². The molecule has 0 aliphatic rings. The lowest BCUT2D eigenvalue weighted by molar-refractivity contribution is 0.0691. The van der Waals surface area contributed by atoms with E-state index >= 15 is 0 Å². The SMILES string of the molecule is O=C(O)c1cn(-c2cc(Br)ccc2F)cn1. The number of carboxylic acid groups (broad SMARTS) is 1. The molecule has 2 aromatic rings. The van der Waals surface area contributed by atoms with Gasteiger partial charge in [-0.05, 0) is 18.2 Å². The minimum Gasteiger partial charge on any atom is -0.476 e. The van der Waals surface area contributed by atoms with Crippen LogP contribution in [0.25, 0.3) is 5.69 Å². The first kappa shape index (κ1) is 10.8. The fourth-order valence-electron chi connectivity index (χ4n) is 1.25.